The van der Waals surface area contributed by atoms with Gasteiger partial charge in [-0.05, 0) is 104 Å². The Morgan fingerprint density at radius 3 is 2.35 bits per heavy atom. The van der Waals surface area contributed by atoms with Gasteiger partial charge in [0.15, 0.2) is 0 Å². The standard InChI is InChI=1S/C52H56N8O9/c1-34-29-39(13-12-37(34)30-44-54-18-14-42(56-44)38-5-4-17-53-32-38)55-46(61)36-10-8-35(9-11-36)33-59-21-19-58(20-22-59)23-26-67-24-15-51(2,66)16-25-68-27-28-69-43-7-3-6-40-45(43)49(64)60(48(40)63)52-31-41(52)47(62)57-50(52)65/h3-14,17-18,29,32,41,66H,15-16,19-28,30-31,33H2,1-2H3,(H,55,61)(H,57,62,65). The van der Waals surface area contributed by atoms with Crippen LogP contribution >= 0.6 is 0 Å². The summed E-state index contributed by atoms with van der Waals surface area (Å²) in [4.78, 5) is 83.4. The Morgan fingerprint density at radius 2 is 1.64 bits per heavy atom. The first-order chi connectivity index (χ1) is 33.4. The second-order valence-electron chi connectivity index (χ2n) is 18.4. The molecule has 0 bridgehead atoms. The van der Waals surface area contributed by atoms with Gasteiger partial charge in [-0.15, -0.1) is 0 Å². The summed E-state index contributed by atoms with van der Waals surface area (Å²) in [5, 5.41) is 16.2. The van der Waals surface area contributed by atoms with E-state index >= 15 is 0 Å². The number of nitrogens with zero attached hydrogens (tertiary/aromatic N) is 6. The van der Waals surface area contributed by atoms with Gasteiger partial charge in [-0.25, -0.2) is 9.97 Å². The number of imide groups is 2. The fourth-order valence-electron chi connectivity index (χ4n) is 9.22. The van der Waals surface area contributed by atoms with Crippen LogP contribution < -0.4 is 15.4 Å². The number of carbonyl (C=O) groups excluding carboxylic acids is 5. The van der Waals surface area contributed by atoms with Gasteiger partial charge in [-0.1, -0.05) is 24.3 Å². The Balaban J connectivity index is 0.623. The van der Waals surface area contributed by atoms with Crippen molar-refractivity contribution in [2.24, 2.45) is 5.92 Å². The van der Waals surface area contributed by atoms with Crippen LogP contribution in [0.1, 0.15) is 79.8 Å². The first kappa shape index (κ1) is 47.3. The lowest BCUT2D eigenvalue weighted by Crippen LogP contribution is -2.49. The van der Waals surface area contributed by atoms with E-state index in [4.69, 9.17) is 19.2 Å². The number of ether oxygens (including phenoxy) is 3. The molecule has 9 rings (SSSR count). The Hall–Kier alpha value is -6.76. The molecule has 2 aromatic heterocycles. The number of hydrogen-bond acceptors (Lipinski definition) is 14. The number of carbonyl (C=O) groups is 5. The fraction of sp³-hybridized carbons (Fsp3) is 0.385. The molecule has 3 atom stereocenters. The first-order valence-corrected chi connectivity index (χ1v) is 23.4. The number of fused-ring (bicyclic) bond motifs is 2. The van der Waals surface area contributed by atoms with E-state index in [2.05, 4.69) is 30.4 Å². The number of amides is 5. The lowest BCUT2D eigenvalue weighted by atomic mass is 9.99. The highest BCUT2D eigenvalue weighted by molar-refractivity contribution is 6.28. The van der Waals surface area contributed by atoms with Gasteiger partial charge in [0, 0.05) is 94.3 Å². The van der Waals surface area contributed by atoms with E-state index in [1.807, 2.05) is 67.6 Å². The van der Waals surface area contributed by atoms with Crippen LogP contribution in [0.25, 0.3) is 11.3 Å². The predicted molar refractivity (Wildman–Crippen MR) is 253 cm³/mol. The monoisotopic (exact) mass is 936 g/mol. The van der Waals surface area contributed by atoms with Crippen molar-refractivity contribution in [3.05, 3.63) is 137 Å². The minimum Gasteiger partial charge on any atom is -0.490 e. The molecule has 3 aromatic carbocycles. The van der Waals surface area contributed by atoms with Crippen molar-refractivity contribution in [3.63, 3.8) is 0 Å². The molecule has 1 aliphatic carbocycles. The normalized spacial score (nSPS) is 19.8. The zero-order chi connectivity index (χ0) is 48.1. The second-order valence-corrected chi connectivity index (χ2v) is 18.4. The molecule has 358 valence electrons. The first-order valence-electron chi connectivity index (χ1n) is 23.4. The van der Waals surface area contributed by atoms with Gasteiger partial charge in [-0.3, -0.25) is 49.0 Å². The van der Waals surface area contributed by atoms with Crippen LogP contribution in [-0.2, 0) is 32.0 Å². The number of anilines is 1. The molecule has 17 nitrogen and oxygen atoms in total. The maximum Gasteiger partial charge on any atom is 0.266 e. The Morgan fingerprint density at radius 1 is 0.870 bits per heavy atom. The molecule has 17 heteroatoms. The van der Waals surface area contributed by atoms with Gasteiger partial charge >= 0.3 is 0 Å². The van der Waals surface area contributed by atoms with Crippen LogP contribution in [-0.4, -0.2) is 141 Å². The Labute approximate surface area is 400 Å². The van der Waals surface area contributed by atoms with Crippen LogP contribution in [0.5, 0.6) is 5.75 Å². The van der Waals surface area contributed by atoms with Gasteiger partial charge in [0.1, 0.15) is 23.7 Å². The number of aryl methyl sites for hydroxylation is 1. The summed E-state index contributed by atoms with van der Waals surface area (Å²) >= 11 is 0. The number of aliphatic hydroxyl groups is 1. The molecular weight excluding hydrogens is 881 g/mol. The molecule has 0 radical (unpaired) electrons. The van der Waals surface area contributed by atoms with Crippen LogP contribution in [0.15, 0.2) is 97.5 Å². The van der Waals surface area contributed by atoms with E-state index in [1.54, 1.807) is 37.6 Å². The van der Waals surface area contributed by atoms with Gasteiger partial charge in [0.2, 0.25) is 5.91 Å². The molecule has 4 aliphatic rings. The van der Waals surface area contributed by atoms with Gasteiger partial charge in [0.05, 0.1) is 41.6 Å². The van der Waals surface area contributed by atoms with Gasteiger partial charge < -0.3 is 24.6 Å². The van der Waals surface area contributed by atoms with Crippen molar-refractivity contribution in [3.8, 4) is 17.0 Å². The average molecular weight is 937 g/mol. The van der Waals surface area contributed by atoms with Crippen LogP contribution in [0, 0.1) is 12.8 Å². The van der Waals surface area contributed by atoms with Crippen LogP contribution in [0.2, 0.25) is 0 Å². The smallest absolute Gasteiger partial charge is 0.266 e. The number of piperazine rings is 1. The second kappa shape index (κ2) is 20.5. The van der Waals surface area contributed by atoms with Crippen LogP contribution in [0.4, 0.5) is 5.69 Å². The number of aromatic nitrogens is 3. The number of pyridine rings is 1. The Bertz CT molecular complexity index is 2730. The summed E-state index contributed by atoms with van der Waals surface area (Å²) in [7, 11) is 0. The van der Waals surface area contributed by atoms with Crippen molar-refractivity contribution >= 4 is 35.2 Å². The molecule has 3 aliphatic heterocycles. The van der Waals surface area contributed by atoms with E-state index in [0.717, 1.165) is 77.8 Å². The predicted octanol–water partition coefficient (Wildman–Crippen LogP) is 4.46. The maximum absolute atomic E-state index is 13.4. The third-order valence-electron chi connectivity index (χ3n) is 13.5. The summed E-state index contributed by atoms with van der Waals surface area (Å²) in [5.74, 6) is -2.31. The molecule has 69 heavy (non-hydrogen) atoms. The Kier molecular flexibility index (Phi) is 14.0. The zero-order valence-corrected chi connectivity index (χ0v) is 38.8. The zero-order valence-electron chi connectivity index (χ0n) is 38.8. The molecule has 2 saturated heterocycles. The van der Waals surface area contributed by atoms with Crippen molar-refractivity contribution in [2.75, 3.05) is 71.1 Å². The van der Waals surface area contributed by atoms with Crippen molar-refractivity contribution < 1.29 is 43.3 Å². The summed E-state index contributed by atoms with van der Waals surface area (Å²) in [6.07, 6.45) is 6.83. The number of piperidine rings is 1. The largest absolute Gasteiger partial charge is 0.490 e. The lowest BCUT2D eigenvalue weighted by molar-refractivity contribution is -0.128. The molecule has 3 fully saturated rings. The maximum atomic E-state index is 13.4. The molecule has 5 aromatic rings. The number of rotatable bonds is 21. The summed E-state index contributed by atoms with van der Waals surface area (Å²) in [6.45, 7) is 10.6. The molecule has 5 heterocycles. The lowest BCUT2D eigenvalue weighted by Gasteiger charge is -2.34. The van der Waals surface area contributed by atoms with Crippen molar-refractivity contribution in [2.45, 2.75) is 57.2 Å². The fourth-order valence-corrected chi connectivity index (χ4v) is 9.22. The molecular formula is C52H56N8O9. The molecule has 1 saturated carbocycles. The molecule has 3 unspecified atom stereocenters. The van der Waals surface area contributed by atoms with Gasteiger partial charge in [0.25, 0.3) is 23.6 Å². The van der Waals surface area contributed by atoms with Crippen molar-refractivity contribution in [1.82, 2.24) is 35.0 Å². The average Bonchev–Trinajstić information content (AvgIpc) is 3.98. The molecule has 5 amide bonds. The van der Waals surface area contributed by atoms with E-state index in [0.29, 0.717) is 43.9 Å². The summed E-state index contributed by atoms with van der Waals surface area (Å²) < 4.78 is 17.5. The van der Waals surface area contributed by atoms with Crippen molar-refractivity contribution in [1.29, 1.82) is 0 Å². The number of nitrogens with one attached hydrogen (secondary N) is 2. The van der Waals surface area contributed by atoms with Gasteiger partial charge in [-0.2, -0.15) is 0 Å². The summed E-state index contributed by atoms with van der Waals surface area (Å²) in [5.41, 5.74) is 4.14. The minimum absolute atomic E-state index is 0.0746. The summed E-state index contributed by atoms with van der Waals surface area (Å²) in [6, 6.07) is 24.1. The van der Waals surface area contributed by atoms with E-state index in [1.165, 1.54) is 6.07 Å². The third-order valence-corrected chi connectivity index (χ3v) is 13.5. The third kappa shape index (κ3) is 10.6. The molecule has 3 N–H and O–H groups in total. The van der Waals surface area contributed by atoms with E-state index in [-0.39, 0.29) is 49.0 Å². The number of benzene rings is 3. The highest BCUT2D eigenvalue weighted by atomic mass is 16.5. The van der Waals surface area contributed by atoms with E-state index < -0.39 is 40.7 Å². The minimum atomic E-state index is -1.45. The number of hydrogen-bond donors (Lipinski definition) is 3. The van der Waals surface area contributed by atoms with E-state index in [9.17, 15) is 29.1 Å². The SMILES string of the molecule is Cc1cc(NC(=O)c2ccc(CN3CCN(CCOCCC(C)(O)CCOCCOc4cccc5c4C(=O)N(C46CC4C(=O)NC6=O)C5=O)CC3)cc2)ccc1Cc1nccc(-c2cccnc2)n1. The molecule has 0 spiro atoms. The highest BCUT2D eigenvalue weighted by Crippen LogP contribution is 2.55. The topological polar surface area (TPSA) is 206 Å². The highest BCUT2D eigenvalue weighted by Gasteiger charge is 2.75. The van der Waals surface area contributed by atoms with Crippen LogP contribution in [0.3, 0.4) is 0 Å². The quantitative estimate of drug-likeness (QED) is 0.0687.